The number of aliphatic hydroxyl groups is 1. The van der Waals surface area contributed by atoms with Gasteiger partial charge in [0.15, 0.2) is 11.8 Å². The number of piperidine rings is 1. The summed E-state index contributed by atoms with van der Waals surface area (Å²) in [7, 11) is -1.29. The van der Waals surface area contributed by atoms with Crippen molar-refractivity contribution in [3.8, 4) is 5.88 Å². The van der Waals surface area contributed by atoms with Crippen LogP contribution in [-0.2, 0) is 10.8 Å². The van der Waals surface area contributed by atoms with Gasteiger partial charge in [-0.3, -0.25) is 4.21 Å². The Balaban J connectivity index is 1.25. The number of fused-ring (bicyclic) bond motifs is 2. The van der Waals surface area contributed by atoms with Gasteiger partial charge in [-0.25, -0.2) is 0 Å². The molecule has 0 bridgehead atoms. The molecule has 2 N–H and O–H groups in total. The third-order valence-electron chi connectivity index (χ3n) is 7.08. The first-order chi connectivity index (χ1) is 14.6. The fourth-order valence-corrected chi connectivity index (χ4v) is 6.24. The van der Waals surface area contributed by atoms with E-state index in [4.69, 9.17) is 21.3 Å². The third kappa shape index (κ3) is 2.92. The maximum atomic E-state index is 12.5. The minimum absolute atomic E-state index is 0.0330. The molecule has 9 heteroatoms. The number of anilines is 2. The van der Waals surface area contributed by atoms with Crippen molar-refractivity contribution in [3.63, 3.8) is 0 Å². The van der Waals surface area contributed by atoms with E-state index in [1.165, 1.54) is 5.56 Å². The molecule has 158 valence electrons. The highest BCUT2D eigenvalue weighted by Gasteiger charge is 2.56. The molecule has 1 saturated heterocycles. The summed E-state index contributed by atoms with van der Waals surface area (Å²) in [5.74, 6) is 3.43. The lowest BCUT2D eigenvalue weighted by Gasteiger charge is -2.41. The van der Waals surface area contributed by atoms with Crippen molar-refractivity contribution in [2.45, 2.75) is 35.6 Å². The lowest BCUT2D eigenvalue weighted by molar-refractivity contribution is 0.143. The van der Waals surface area contributed by atoms with E-state index in [-0.39, 0.29) is 18.1 Å². The number of aliphatic hydroxyl groups excluding tert-OH is 1. The van der Waals surface area contributed by atoms with Gasteiger partial charge in [-0.2, -0.15) is 9.97 Å². The molecule has 3 heterocycles. The van der Waals surface area contributed by atoms with E-state index in [0.29, 0.717) is 40.3 Å². The van der Waals surface area contributed by atoms with Crippen molar-refractivity contribution in [1.82, 2.24) is 9.97 Å². The van der Waals surface area contributed by atoms with Gasteiger partial charge in [-0.15, -0.1) is 0 Å². The van der Waals surface area contributed by atoms with Crippen LogP contribution in [0.15, 0.2) is 29.2 Å². The van der Waals surface area contributed by atoms with Crippen LogP contribution >= 0.6 is 11.6 Å². The number of hydrogen-bond donors (Lipinski definition) is 2. The van der Waals surface area contributed by atoms with Crippen molar-refractivity contribution >= 4 is 34.2 Å². The molecule has 0 spiro atoms. The van der Waals surface area contributed by atoms with Crippen LogP contribution in [0.3, 0.4) is 0 Å². The Labute approximate surface area is 182 Å². The standard InChI is InChI=1S/C21H23ClN4O3S/c22-13-4-2-12(3-5-13)16-14-8-26(9-15(14)16)20-23-18(25-21(10-27)6-1-7-21)17-19(24-20)29-11-30(17)28/h2-5,14-16,27H,1,6-11H2,(H,23,24,25)/t14?,15?,16?,30-/m1/s1. The Kier molecular flexibility index (Phi) is 4.27. The van der Waals surface area contributed by atoms with Gasteiger partial charge in [0.05, 0.1) is 12.1 Å². The fraction of sp³-hybridized carbons (Fsp3) is 0.524. The lowest BCUT2D eigenvalue weighted by atomic mass is 9.77. The van der Waals surface area contributed by atoms with E-state index in [2.05, 4.69) is 27.3 Å². The molecule has 7 nitrogen and oxygen atoms in total. The first kappa shape index (κ1) is 18.8. The maximum Gasteiger partial charge on any atom is 0.238 e. The molecule has 3 fully saturated rings. The van der Waals surface area contributed by atoms with Gasteiger partial charge in [0, 0.05) is 18.1 Å². The predicted octanol–water partition coefficient (Wildman–Crippen LogP) is 2.76. The van der Waals surface area contributed by atoms with Gasteiger partial charge in [0.1, 0.15) is 15.7 Å². The van der Waals surface area contributed by atoms with Crippen LogP contribution in [0.5, 0.6) is 5.88 Å². The molecular weight excluding hydrogens is 424 g/mol. The Hall–Kier alpha value is -1.90. The second-order valence-corrected chi connectivity index (χ2v) is 10.6. The number of ether oxygens (including phenoxy) is 1. The molecule has 0 radical (unpaired) electrons. The highest BCUT2D eigenvalue weighted by molar-refractivity contribution is 7.85. The van der Waals surface area contributed by atoms with Crippen LogP contribution < -0.4 is 15.0 Å². The van der Waals surface area contributed by atoms with Crippen molar-refractivity contribution in [2.75, 3.05) is 35.9 Å². The third-order valence-corrected chi connectivity index (χ3v) is 8.49. The summed E-state index contributed by atoms with van der Waals surface area (Å²) >= 11 is 6.02. The summed E-state index contributed by atoms with van der Waals surface area (Å²) < 4.78 is 18.1. The zero-order valence-electron chi connectivity index (χ0n) is 16.4. The Morgan fingerprint density at radius 3 is 2.60 bits per heavy atom. The zero-order valence-corrected chi connectivity index (χ0v) is 18.0. The Morgan fingerprint density at radius 2 is 1.97 bits per heavy atom. The topological polar surface area (TPSA) is 87.6 Å². The number of aromatic nitrogens is 2. The van der Waals surface area contributed by atoms with Crippen LogP contribution in [0.4, 0.5) is 11.8 Å². The fourth-order valence-electron chi connectivity index (χ4n) is 5.16. The molecule has 1 aromatic carbocycles. The average Bonchev–Trinajstić information content (AvgIpc) is 3.04. The summed E-state index contributed by atoms with van der Waals surface area (Å²) in [6, 6.07) is 8.16. The summed E-state index contributed by atoms with van der Waals surface area (Å²) in [5.41, 5.74) is 0.971. The molecule has 3 atom stereocenters. The summed E-state index contributed by atoms with van der Waals surface area (Å²) in [6.07, 6.45) is 2.82. The number of nitrogens with one attached hydrogen (secondary N) is 1. The Bertz CT molecular complexity index is 1010. The summed E-state index contributed by atoms with van der Waals surface area (Å²) in [5, 5.41) is 14.0. The molecule has 2 aliphatic heterocycles. The molecule has 0 amide bonds. The van der Waals surface area contributed by atoms with E-state index >= 15 is 0 Å². The van der Waals surface area contributed by atoms with Gasteiger partial charge in [-0.05, 0) is 54.7 Å². The number of nitrogens with zero attached hydrogens (tertiary/aromatic N) is 3. The van der Waals surface area contributed by atoms with E-state index in [0.717, 1.165) is 37.4 Å². The molecule has 4 aliphatic rings. The zero-order chi connectivity index (χ0) is 20.5. The normalized spacial score (nSPS) is 30.3. The lowest BCUT2D eigenvalue weighted by Crippen LogP contribution is -2.48. The molecule has 2 saturated carbocycles. The van der Waals surface area contributed by atoms with E-state index in [9.17, 15) is 9.32 Å². The first-order valence-electron chi connectivity index (χ1n) is 10.4. The molecule has 2 aromatic rings. The molecule has 6 rings (SSSR count). The number of hydrogen-bond acceptors (Lipinski definition) is 7. The number of rotatable bonds is 5. The van der Waals surface area contributed by atoms with Gasteiger partial charge in [-0.1, -0.05) is 23.7 Å². The second-order valence-electron chi connectivity index (χ2n) is 8.84. The van der Waals surface area contributed by atoms with Gasteiger partial charge in [0.2, 0.25) is 11.8 Å². The van der Waals surface area contributed by atoms with Crippen LogP contribution in [0.2, 0.25) is 5.02 Å². The first-order valence-corrected chi connectivity index (χ1v) is 12.1. The molecule has 1 aromatic heterocycles. The Morgan fingerprint density at radius 1 is 1.23 bits per heavy atom. The molecule has 30 heavy (non-hydrogen) atoms. The monoisotopic (exact) mass is 446 g/mol. The molecular formula is C21H23ClN4O3S. The van der Waals surface area contributed by atoms with Crippen LogP contribution in [0.1, 0.15) is 30.7 Å². The molecule has 2 aliphatic carbocycles. The second kappa shape index (κ2) is 6.80. The van der Waals surface area contributed by atoms with Crippen LogP contribution in [0, 0.1) is 11.8 Å². The minimum atomic E-state index is -1.29. The smallest absolute Gasteiger partial charge is 0.238 e. The number of benzene rings is 1. The molecule has 2 unspecified atom stereocenters. The van der Waals surface area contributed by atoms with Crippen molar-refractivity contribution < 1.29 is 14.1 Å². The van der Waals surface area contributed by atoms with Crippen LogP contribution in [-0.4, -0.2) is 50.5 Å². The van der Waals surface area contributed by atoms with Gasteiger partial charge in [0.25, 0.3) is 0 Å². The van der Waals surface area contributed by atoms with E-state index in [1.54, 1.807) is 0 Å². The van der Waals surface area contributed by atoms with Crippen LogP contribution in [0.25, 0.3) is 0 Å². The minimum Gasteiger partial charge on any atom is -0.463 e. The van der Waals surface area contributed by atoms with Crippen molar-refractivity contribution in [1.29, 1.82) is 0 Å². The average molecular weight is 447 g/mol. The summed E-state index contributed by atoms with van der Waals surface area (Å²) in [6.45, 7) is 1.82. The highest BCUT2D eigenvalue weighted by Crippen LogP contribution is 2.58. The summed E-state index contributed by atoms with van der Waals surface area (Å²) in [4.78, 5) is 12.1. The van der Waals surface area contributed by atoms with E-state index < -0.39 is 10.8 Å². The quantitative estimate of drug-likeness (QED) is 0.730. The predicted molar refractivity (Wildman–Crippen MR) is 115 cm³/mol. The van der Waals surface area contributed by atoms with E-state index in [1.807, 2.05) is 12.1 Å². The van der Waals surface area contributed by atoms with Crippen molar-refractivity contribution in [3.05, 3.63) is 34.9 Å². The number of halogens is 1. The maximum absolute atomic E-state index is 12.5. The largest absolute Gasteiger partial charge is 0.463 e. The highest BCUT2D eigenvalue weighted by atomic mass is 35.5. The SMILES string of the molecule is O=[S@@]1COc2nc(N3CC4C(C3)C4c3ccc(Cl)cc3)nc(NC3(CO)CCC3)c21. The van der Waals surface area contributed by atoms with Crippen molar-refractivity contribution in [2.24, 2.45) is 11.8 Å². The van der Waals surface area contributed by atoms with Gasteiger partial charge < -0.3 is 20.1 Å². The van der Waals surface area contributed by atoms with Gasteiger partial charge >= 0.3 is 0 Å².